The first kappa shape index (κ1) is 11.8. The lowest BCUT2D eigenvalue weighted by Gasteiger charge is -2.07. The van der Waals surface area contributed by atoms with Gasteiger partial charge >= 0.3 is 0 Å². The third-order valence-corrected chi connectivity index (χ3v) is 3.54. The highest BCUT2D eigenvalue weighted by Gasteiger charge is 2.07. The fourth-order valence-corrected chi connectivity index (χ4v) is 1.68. The summed E-state index contributed by atoms with van der Waals surface area (Å²) in [6.45, 7) is 2.69. The van der Waals surface area contributed by atoms with Crippen molar-refractivity contribution in [1.29, 1.82) is 0 Å². The predicted octanol–water partition coefficient (Wildman–Crippen LogP) is 3.31. The minimum atomic E-state index is 0.109. The molecule has 1 rings (SSSR count). The minimum Gasteiger partial charge on any atom is -0.452 e. The molecule has 1 unspecified atom stereocenters. The van der Waals surface area contributed by atoms with Gasteiger partial charge in [0.25, 0.3) is 0 Å². The first-order valence-corrected chi connectivity index (χ1v) is 5.89. The van der Waals surface area contributed by atoms with E-state index >= 15 is 0 Å². The van der Waals surface area contributed by atoms with Gasteiger partial charge in [0.2, 0.25) is 0 Å². The van der Waals surface area contributed by atoms with E-state index in [-0.39, 0.29) is 6.04 Å². The van der Waals surface area contributed by atoms with Crippen LogP contribution in [0, 0.1) is 12.3 Å². The maximum Gasteiger partial charge on any atom is 0.183 e. The van der Waals surface area contributed by atoms with Gasteiger partial charge < -0.3 is 4.42 Å². The van der Waals surface area contributed by atoms with E-state index in [0.717, 1.165) is 16.7 Å². The smallest absolute Gasteiger partial charge is 0.183 e. The third kappa shape index (κ3) is 3.16. The van der Waals surface area contributed by atoms with Crippen LogP contribution >= 0.6 is 31.9 Å². The van der Waals surface area contributed by atoms with Crippen molar-refractivity contribution in [2.24, 2.45) is 0 Å². The summed E-state index contributed by atoms with van der Waals surface area (Å²) >= 11 is 6.62. The van der Waals surface area contributed by atoms with Crippen molar-refractivity contribution >= 4 is 31.9 Å². The standard InChI is InChI=1S/C10H11Br2NO/c1-3-7(4-2)13-6-8-5-9(11)10(12)14-8/h1,5,7,13H,4,6H2,2H3. The molecule has 1 heterocycles. The van der Waals surface area contributed by atoms with Crippen LogP contribution in [0.1, 0.15) is 19.1 Å². The molecule has 0 bridgehead atoms. The lowest BCUT2D eigenvalue weighted by atomic mass is 10.2. The van der Waals surface area contributed by atoms with Gasteiger partial charge in [-0.05, 0) is 44.3 Å². The van der Waals surface area contributed by atoms with E-state index in [1.54, 1.807) is 0 Å². The molecular weight excluding hydrogens is 310 g/mol. The van der Waals surface area contributed by atoms with Crippen LogP contribution in [0.15, 0.2) is 19.6 Å². The third-order valence-electron chi connectivity index (χ3n) is 1.83. The molecule has 0 spiro atoms. The van der Waals surface area contributed by atoms with Crippen molar-refractivity contribution in [3.05, 3.63) is 21.0 Å². The lowest BCUT2D eigenvalue weighted by Crippen LogP contribution is -2.25. The molecule has 76 valence electrons. The fraction of sp³-hybridized carbons (Fsp3) is 0.400. The fourth-order valence-electron chi connectivity index (χ4n) is 1.02. The highest BCUT2D eigenvalue weighted by Crippen LogP contribution is 2.26. The topological polar surface area (TPSA) is 25.2 Å². The lowest BCUT2D eigenvalue weighted by molar-refractivity contribution is 0.452. The Bertz CT molecular complexity index is 321. The van der Waals surface area contributed by atoms with Crippen molar-refractivity contribution in [2.45, 2.75) is 25.9 Å². The summed E-state index contributed by atoms with van der Waals surface area (Å²) in [5.74, 6) is 3.53. The number of nitrogens with one attached hydrogen (secondary N) is 1. The molecule has 1 aromatic heterocycles. The van der Waals surface area contributed by atoms with Crippen molar-refractivity contribution in [2.75, 3.05) is 0 Å². The summed E-state index contributed by atoms with van der Waals surface area (Å²) in [6, 6.07) is 2.03. The molecule has 0 fully saturated rings. The number of terminal acetylenes is 1. The second kappa shape index (κ2) is 5.59. The summed E-state index contributed by atoms with van der Waals surface area (Å²) in [4.78, 5) is 0. The highest BCUT2D eigenvalue weighted by molar-refractivity contribution is 9.13. The van der Waals surface area contributed by atoms with Gasteiger partial charge in [0.1, 0.15) is 5.76 Å². The first-order valence-electron chi connectivity index (χ1n) is 4.30. The minimum absolute atomic E-state index is 0.109. The molecule has 1 N–H and O–H groups in total. The van der Waals surface area contributed by atoms with Crippen LogP contribution in [-0.2, 0) is 6.54 Å². The number of hydrogen-bond donors (Lipinski definition) is 1. The van der Waals surface area contributed by atoms with E-state index in [1.807, 2.05) is 13.0 Å². The van der Waals surface area contributed by atoms with Crippen LogP contribution in [0.3, 0.4) is 0 Å². The van der Waals surface area contributed by atoms with E-state index in [0.29, 0.717) is 11.2 Å². The second-order valence-electron chi connectivity index (χ2n) is 2.84. The molecular formula is C10H11Br2NO. The predicted molar refractivity (Wildman–Crippen MR) is 63.9 cm³/mol. The largest absolute Gasteiger partial charge is 0.452 e. The van der Waals surface area contributed by atoms with Gasteiger partial charge in [-0.2, -0.15) is 0 Å². The van der Waals surface area contributed by atoms with Crippen LogP contribution in [-0.4, -0.2) is 6.04 Å². The van der Waals surface area contributed by atoms with Gasteiger partial charge in [-0.25, -0.2) is 0 Å². The monoisotopic (exact) mass is 319 g/mol. The van der Waals surface area contributed by atoms with E-state index < -0.39 is 0 Å². The van der Waals surface area contributed by atoms with Crippen molar-refractivity contribution in [3.63, 3.8) is 0 Å². The van der Waals surface area contributed by atoms with Crippen molar-refractivity contribution < 1.29 is 4.42 Å². The molecule has 0 aliphatic heterocycles. The zero-order chi connectivity index (χ0) is 10.6. The molecule has 0 saturated heterocycles. The SMILES string of the molecule is C#CC(CC)NCc1cc(Br)c(Br)o1. The molecule has 1 atom stereocenters. The summed E-state index contributed by atoms with van der Waals surface area (Å²) in [7, 11) is 0. The maximum atomic E-state index is 5.39. The normalized spacial score (nSPS) is 12.4. The molecule has 0 amide bonds. The summed E-state index contributed by atoms with van der Waals surface area (Å²) in [5, 5.41) is 3.20. The van der Waals surface area contributed by atoms with E-state index in [4.69, 9.17) is 10.8 Å². The molecule has 0 aliphatic rings. The summed E-state index contributed by atoms with van der Waals surface area (Å²) < 4.78 is 7.02. The van der Waals surface area contributed by atoms with Crippen LogP contribution in [0.4, 0.5) is 0 Å². The number of rotatable bonds is 4. The molecule has 0 radical (unpaired) electrons. The van der Waals surface area contributed by atoms with Gasteiger partial charge in [0.05, 0.1) is 17.1 Å². The Balaban J connectivity index is 2.50. The Labute approximate surface area is 101 Å². The Morgan fingerprint density at radius 3 is 2.79 bits per heavy atom. The second-order valence-corrected chi connectivity index (χ2v) is 4.42. The van der Waals surface area contributed by atoms with Gasteiger partial charge in [-0.15, -0.1) is 6.42 Å². The van der Waals surface area contributed by atoms with Crippen LogP contribution in [0.25, 0.3) is 0 Å². The van der Waals surface area contributed by atoms with Gasteiger partial charge in [0, 0.05) is 0 Å². The van der Waals surface area contributed by atoms with E-state index in [9.17, 15) is 0 Å². The Kier molecular flexibility index (Phi) is 4.73. The number of hydrogen-bond acceptors (Lipinski definition) is 2. The van der Waals surface area contributed by atoms with Crippen LogP contribution < -0.4 is 5.32 Å². The Hall–Kier alpha value is -0.240. The number of furan rings is 1. The zero-order valence-electron chi connectivity index (χ0n) is 7.81. The Morgan fingerprint density at radius 1 is 1.64 bits per heavy atom. The quantitative estimate of drug-likeness (QED) is 0.861. The van der Waals surface area contributed by atoms with E-state index in [1.165, 1.54) is 0 Å². The zero-order valence-corrected chi connectivity index (χ0v) is 11.0. The molecule has 14 heavy (non-hydrogen) atoms. The van der Waals surface area contributed by atoms with Gasteiger partial charge in [0.15, 0.2) is 4.67 Å². The summed E-state index contributed by atoms with van der Waals surface area (Å²) in [6.07, 6.45) is 6.24. The summed E-state index contributed by atoms with van der Waals surface area (Å²) in [5.41, 5.74) is 0. The molecule has 0 aliphatic carbocycles. The molecule has 1 aromatic rings. The average molecular weight is 321 g/mol. The highest BCUT2D eigenvalue weighted by atomic mass is 79.9. The van der Waals surface area contributed by atoms with E-state index in [2.05, 4.69) is 43.1 Å². The van der Waals surface area contributed by atoms with Crippen LogP contribution in [0.2, 0.25) is 0 Å². The molecule has 0 saturated carbocycles. The average Bonchev–Trinajstić information content (AvgIpc) is 2.48. The molecule has 2 nitrogen and oxygen atoms in total. The molecule has 4 heteroatoms. The van der Waals surface area contributed by atoms with Crippen molar-refractivity contribution in [3.8, 4) is 12.3 Å². The maximum absolute atomic E-state index is 5.39. The van der Waals surface area contributed by atoms with Gasteiger partial charge in [-0.1, -0.05) is 12.8 Å². The Morgan fingerprint density at radius 2 is 2.36 bits per heavy atom. The first-order chi connectivity index (χ1) is 6.67. The number of halogens is 2. The van der Waals surface area contributed by atoms with Crippen LogP contribution in [0.5, 0.6) is 0 Å². The van der Waals surface area contributed by atoms with Gasteiger partial charge in [-0.3, -0.25) is 5.32 Å². The molecule has 0 aromatic carbocycles. The van der Waals surface area contributed by atoms with Crippen molar-refractivity contribution in [1.82, 2.24) is 5.32 Å².